The highest BCUT2D eigenvalue weighted by atomic mass is 35.5. The molecule has 0 saturated carbocycles. The van der Waals surface area contributed by atoms with Crippen molar-refractivity contribution < 1.29 is 4.79 Å². The number of urea groups is 1. The first-order valence-electron chi connectivity index (χ1n) is 10.1. The molecular formula is C23H25Cl2N5O. The van der Waals surface area contributed by atoms with Crippen molar-refractivity contribution in [1.82, 2.24) is 9.78 Å². The molecule has 0 radical (unpaired) electrons. The van der Waals surface area contributed by atoms with Gasteiger partial charge in [0, 0.05) is 17.5 Å². The minimum absolute atomic E-state index is 0.0253. The molecule has 2 aromatic carbocycles. The number of rotatable bonds is 3. The summed E-state index contributed by atoms with van der Waals surface area (Å²) in [6.45, 7) is 6.23. The molecule has 6 nitrogen and oxygen atoms in total. The molecule has 2 amide bonds. The van der Waals surface area contributed by atoms with E-state index in [2.05, 4.69) is 43.5 Å². The van der Waals surface area contributed by atoms with Crippen LogP contribution in [0.1, 0.15) is 50.1 Å². The molecule has 31 heavy (non-hydrogen) atoms. The zero-order valence-corrected chi connectivity index (χ0v) is 19.2. The fraction of sp³-hybridized carbons (Fsp3) is 0.304. The molecule has 1 unspecified atom stereocenters. The van der Waals surface area contributed by atoms with Crippen LogP contribution >= 0.6 is 23.2 Å². The summed E-state index contributed by atoms with van der Waals surface area (Å²) in [5.41, 5.74) is 10.6. The second-order valence-electron chi connectivity index (χ2n) is 8.79. The Morgan fingerprint density at radius 3 is 2.68 bits per heavy atom. The number of nitrogens with one attached hydrogen (secondary N) is 2. The lowest BCUT2D eigenvalue weighted by Gasteiger charge is -2.14. The molecule has 1 aromatic heterocycles. The molecule has 0 fully saturated rings. The fourth-order valence-electron chi connectivity index (χ4n) is 3.66. The third kappa shape index (κ3) is 4.42. The van der Waals surface area contributed by atoms with E-state index < -0.39 is 6.03 Å². The minimum Gasteiger partial charge on any atom is -0.324 e. The number of amides is 2. The van der Waals surface area contributed by atoms with E-state index in [0.29, 0.717) is 16.5 Å². The Labute approximate surface area is 191 Å². The lowest BCUT2D eigenvalue weighted by Crippen LogP contribution is -2.21. The number of anilines is 2. The van der Waals surface area contributed by atoms with Gasteiger partial charge in [0.05, 0.1) is 27.1 Å². The van der Waals surface area contributed by atoms with Gasteiger partial charge in [0.2, 0.25) is 0 Å². The predicted molar refractivity (Wildman–Crippen MR) is 127 cm³/mol. The van der Waals surface area contributed by atoms with Gasteiger partial charge < -0.3 is 11.1 Å². The largest absolute Gasteiger partial charge is 0.324 e. The van der Waals surface area contributed by atoms with Gasteiger partial charge in [-0.2, -0.15) is 5.10 Å². The first kappa shape index (κ1) is 21.7. The van der Waals surface area contributed by atoms with Gasteiger partial charge in [-0.3, -0.25) is 5.32 Å². The van der Waals surface area contributed by atoms with E-state index in [9.17, 15) is 4.79 Å². The summed E-state index contributed by atoms with van der Waals surface area (Å²) < 4.78 is 1.74. The van der Waals surface area contributed by atoms with Crippen LogP contribution in [0.2, 0.25) is 10.0 Å². The highest BCUT2D eigenvalue weighted by molar-refractivity contribution is 6.44. The van der Waals surface area contributed by atoms with Crippen molar-refractivity contribution in [3.63, 3.8) is 0 Å². The van der Waals surface area contributed by atoms with Gasteiger partial charge in [-0.1, -0.05) is 56.1 Å². The highest BCUT2D eigenvalue weighted by Crippen LogP contribution is 2.33. The maximum absolute atomic E-state index is 12.7. The third-order valence-electron chi connectivity index (χ3n) is 5.42. The fourth-order valence-corrected chi connectivity index (χ4v) is 4.00. The summed E-state index contributed by atoms with van der Waals surface area (Å²) in [6.07, 6.45) is 1.93. The van der Waals surface area contributed by atoms with Gasteiger partial charge >= 0.3 is 6.03 Å². The molecule has 8 heteroatoms. The first-order valence-corrected chi connectivity index (χ1v) is 10.9. The zero-order chi connectivity index (χ0) is 22.3. The number of aromatic nitrogens is 2. The minimum atomic E-state index is -0.441. The molecule has 4 N–H and O–H groups in total. The van der Waals surface area contributed by atoms with Gasteiger partial charge in [-0.25, -0.2) is 9.48 Å². The lowest BCUT2D eigenvalue weighted by atomic mass is 9.92. The van der Waals surface area contributed by atoms with Crippen LogP contribution < -0.4 is 16.4 Å². The van der Waals surface area contributed by atoms with Crippen LogP contribution in [-0.4, -0.2) is 15.8 Å². The molecular weight excluding hydrogens is 433 g/mol. The van der Waals surface area contributed by atoms with Crippen molar-refractivity contribution in [3.8, 4) is 5.69 Å². The average Bonchev–Trinajstić information content (AvgIpc) is 3.29. The number of carbonyl (C=O) groups excluding carboxylic acids is 1. The lowest BCUT2D eigenvalue weighted by molar-refractivity contribution is 0.262. The number of nitrogens with zero attached hydrogens (tertiary/aromatic N) is 2. The summed E-state index contributed by atoms with van der Waals surface area (Å²) in [5.74, 6) is 0.548. The summed E-state index contributed by atoms with van der Waals surface area (Å²) >= 11 is 12.2. The maximum Gasteiger partial charge on any atom is 0.324 e. The van der Waals surface area contributed by atoms with E-state index in [1.54, 1.807) is 22.9 Å². The summed E-state index contributed by atoms with van der Waals surface area (Å²) in [6, 6.07) is 12.7. The summed E-state index contributed by atoms with van der Waals surface area (Å²) in [7, 11) is 0. The number of aryl methyl sites for hydroxylation is 1. The Balaban J connectivity index is 1.67. The number of nitrogens with two attached hydrogens (primary N) is 1. The number of carbonyl (C=O) groups is 1. The van der Waals surface area contributed by atoms with Crippen LogP contribution in [0.5, 0.6) is 0 Å². The highest BCUT2D eigenvalue weighted by Gasteiger charge is 2.24. The topological polar surface area (TPSA) is 85.0 Å². The molecule has 1 aliphatic carbocycles. The second-order valence-corrected chi connectivity index (χ2v) is 9.57. The Hall–Kier alpha value is -2.54. The van der Waals surface area contributed by atoms with Crippen LogP contribution in [0, 0.1) is 0 Å². The maximum atomic E-state index is 12.7. The molecule has 0 saturated heterocycles. The van der Waals surface area contributed by atoms with Gasteiger partial charge in [0.1, 0.15) is 5.82 Å². The van der Waals surface area contributed by atoms with Crippen LogP contribution in [-0.2, 0) is 11.8 Å². The number of fused-ring (bicyclic) bond motifs is 1. The number of halogens is 2. The SMILES string of the molecule is CC(C)(C)c1cc(NC(=O)Nc2cccc(Cl)c2Cl)n(-c2ccc3c(c2)C(N)CC3)n1. The Kier molecular flexibility index (Phi) is 5.73. The van der Waals surface area contributed by atoms with E-state index in [-0.39, 0.29) is 16.5 Å². The van der Waals surface area contributed by atoms with Crippen molar-refractivity contribution in [1.29, 1.82) is 0 Å². The predicted octanol–water partition coefficient (Wildman–Crippen LogP) is 6.07. The van der Waals surface area contributed by atoms with Gasteiger partial charge in [-0.15, -0.1) is 0 Å². The summed E-state index contributed by atoms with van der Waals surface area (Å²) in [5, 5.41) is 11.1. The number of benzene rings is 2. The van der Waals surface area contributed by atoms with E-state index in [0.717, 1.165) is 29.8 Å². The Morgan fingerprint density at radius 2 is 1.94 bits per heavy atom. The Bertz CT molecular complexity index is 1150. The summed E-state index contributed by atoms with van der Waals surface area (Å²) in [4.78, 5) is 12.7. The van der Waals surface area contributed by atoms with Crippen LogP contribution in [0.4, 0.5) is 16.3 Å². The number of hydrogen-bond acceptors (Lipinski definition) is 3. The van der Waals surface area contributed by atoms with Gasteiger partial charge in [-0.05, 0) is 48.2 Å². The zero-order valence-electron chi connectivity index (χ0n) is 17.7. The molecule has 3 aromatic rings. The number of hydrogen-bond donors (Lipinski definition) is 3. The molecule has 1 atom stereocenters. The third-order valence-corrected chi connectivity index (χ3v) is 6.24. The Morgan fingerprint density at radius 1 is 1.16 bits per heavy atom. The monoisotopic (exact) mass is 457 g/mol. The van der Waals surface area contributed by atoms with Crippen molar-refractivity contribution in [2.45, 2.75) is 45.1 Å². The van der Waals surface area contributed by atoms with Gasteiger partial charge in [0.25, 0.3) is 0 Å². The quantitative estimate of drug-likeness (QED) is 0.446. The normalized spacial score (nSPS) is 15.6. The van der Waals surface area contributed by atoms with Crippen molar-refractivity contribution in [2.75, 3.05) is 10.6 Å². The van der Waals surface area contributed by atoms with Crippen LogP contribution in [0.3, 0.4) is 0 Å². The standard InChI is InChI=1S/C23H25Cl2N5O/c1-23(2,3)19-12-20(28-22(31)27-18-6-4-5-16(24)21(18)25)30(29-19)14-9-7-13-8-10-17(26)15(13)11-14/h4-7,9,11-12,17H,8,10,26H2,1-3H3,(H2,27,28,31). The molecule has 0 spiro atoms. The van der Waals surface area contributed by atoms with E-state index >= 15 is 0 Å². The molecule has 4 rings (SSSR count). The van der Waals surface area contributed by atoms with Crippen LogP contribution in [0.15, 0.2) is 42.5 Å². The second kappa shape index (κ2) is 8.19. The van der Waals surface area contributed by atoms with Crippen molar-refractivity contribution in [2.24, 2.45) is 5.73 Å². The van der Waals surface area contributed by atoms with Crippen molar-refractivity contribution >= 4 is 40.7 Å². The molecule has 0 aliphatic heterocycles. The average molecular weight is 458 g/mol. The van der Waals surface area contributed by atoms with Crippen LogP contribution in [0.25, 0.3) is 5.69 Å². The smallest absolute Gasteiger partial charge is 0.324 e. The molecule has 162 valence electrons. The van der Waals surface area contributed by atoms with E-state index in [4.69, 9.17) is 34.0 Å². The van der Waals surface area contributed by atoms with E-state index in [1.165, 1.54) is 5.56 Å². The molecule has 1 heterocycles. The van der Waals surface area contributed by atoms with Gasteiger partial charge in [0.15, 0.2) is 0 Å². The first-order chi connectivity index (χ1) is 14.6. The van der Waals surface area contributed by atoms with E-state index in [1.807, 2.05) is 12.1 Å². The molecule has 0 bridgehead atoms. The molecule has 1 aliphatic rings. The van der Waals surface area contributed by atoms with Crippen molar-refractivity contribution in [3.05, 3.63) is 69.3 Å².